The van der Waals surface area contributed by atoms with Gasteiger partial charge < -0.3 is 4.90 Å². The maximum atomic E-state index is 11.6. The molecule has 23 heavy (non-hydrogen) atoms. The second kappa shape index (κ2) is 5.44. The van der Waals surface area contributed by atoms with Crippen molar-refractivity contribution in [2.45, 2.75) is 18.0 Å². The van der Waals surface area contributed by atoms with Crippen molar-refractivity contribution in [2.24, 2.45) is 0 Å². The van der Waals surface area contributed by atoms with Crippen molar-refractivity contribution in [3.63, 3.8) is 0 Å². The summed E-state index contributed by atoms with van der Waals surface area (Å²) in [6.07, 6.45) is 1.70. The molecule has 1 aliphatic heterocycles. The zero-order valence-electron chi connectivity index (χ0n) is 12.2. The van der Waals surface area contributed by atoms with E-state index in [2.05, 4.69) is 10.2 Å². The van der Waals surface area contributed by atoms with Crippen LogP contribution < -0.4 is 4.90 Å². The van der Waals surface area contributed by atoms with Crippen LogP contribution in [0.2, 0.25) is 0 Å². The van der Waals surface area contributed by atoms with Gasteiger partial charge in [-0.2, -0.15) is 5.26 Å². The van der Waals surface area contributed by atoms with Crippen molar-refractivity contribution < 1.29 is 13.2 Å². The first-order valence-corrected chi connectivity index (χ1v) is 8.61. The van der Waals surface area contributed by atoms with Crippen molar-refractivity contribution in [1.29, 1.82) is 5.26 Å². The molecule has 1 aromatic heterocycles. The van der Waals surface area contributed by atoms with E-state index in [0.717, 1.165) is 11.1 Å². The molecule has 2 aromatic rings. The minimum atomic E-state index is -3.27. The number of hydrogen-bond donors (Lipinski definition) is 0. The lowest BCUT2D eigenvalue weighted by atomic mass is 10.1. The molecule has 0 spiro atoms. The van der Waals surface area contributed by atoms with Crippen LogP contribution in [0.5, 0.6) is 0 Å². The summed E-state index contributed by atoms with van der Waals surface area (Å²) in [4.78, 5) is 12.8. The molecular weight excluding hydrogens is 316 g/mol. The van der Waals surface area contributed by atoms with Crippen molar-refractivity contribution in [2.75, 3.05) is 11.2 Å². The number of carbonyl (C=O) groups is 1. The second-order valence-electron chi connectivity index (χ2n) is 5.29. The number of benzene rings is 1. The minimum Gasteiger partial charge on any atom is -0.345 e. The van der Waals surface area contributed by atoms with Gasteiger partial charge in [0.2, 0.25) is 0 Å². The Morgan fingerprint density at radius 2 is 1.96 bits per heavy atom. The number of rotatable bonds is 3. The SMILES string of the molecule is CS(=O)(=O)c1ccc2c(c1)CN(c1nnc(C=O)cc1C#N)C2. The third-order valence-electron chi connectivity index (χ3n) is 3.66. The van der Waals surface area contributed by atoms with Crippen LogP contribution in [0.15, 0.2) is 29.2 Å². The fourth-order valence-electron chi connectivity index (χ4n) is 2.53. The van der Waals surface area contributed by atoms with Gasteiger partial charge >= 0.3 is 0 Å². The Hall–Kier alpha value is -2.79. The predicted octanol–water partition coefficient (Wildman–Crippen LogP) is 1.08. The van der Waals surface area contributed by atoms with Crippen molar-refractivity contribution in [3.8, 4) is 6.07 Å². The summed E-state index contributed by atoms with van der Waals surface area (Å²) < 4.78 is 23.3. The van der Waals surface area contributed by atoms with Crippen LogP contribution in [-0.2, 0) is 22.9 Å². The smallest absolute Gasteiger partial charge is 0.175 e. The molecule has 8 heteroatoms. The Bertz CT molecular complexity index is 948. The predicted molar refractivity (Wildman–Crippen MR) is 81.6 cm³/mol. The molecule has 0 unspecified atom stereocenters. The van der Waals surface area contributed by atoms with E-state index in [4.69, 9.17) is 0 Å². The van der Waals surface area contributed by atoms with Gasteiger partial charge in [0.15, 0.2) is 21.9 Å². The summed E-state index contributed by atoms with van der Waals surface area (Å²) in [5.74, 6) is 0.384. The lowest BCUT2D eigenvalue weighted by Gasteiger charge is -2.16. The third-order valence-corrected chi connectivity index (χ3v) is 4.77. The summed E-state index contributed by atoms with van der Waals surface area (Å²) in [6.45, 7) is 0.936. The van der Waals surface area contributed by atoms with Gasteiger partial charge in [-0.3, -0.25) is 4.79 Å². The fourth-order valence-corrected chi connectivity index (χ4v) is 3.20. The molecule has 0 atom stereocenters. The van der Waals surface area contributed by atoms with E-state index >= 15 is 0 Å². The van der Waals surface area contributed by atoms with Gasteiger partial charge in [-0.05, 0) is 29.3 Å². The summed E-state index contributed by atoms with van der Waals surface area (Å²) in [6, 6.07) is 8.38. The number of nitriles is 1. The number of anilines is 1. The quantitative estimate of drug-likeness (QED) is 0.777. The van der Waals surface area contributed by atoms with Crippen molar-refractivity contribution in [3.05, 3.63) is 46.6 Å². The molecule has 0 fully saturated rings. The summed E-state index contributed by atoms with van der Waals surface area (Å²) in [5.41, 5.74) is 2.21. The highest BCUT2D eigenvalue weighted by Crippen LogP contribution is 2.30. The molecule has 3 rings (SSSR count). The van der Waals surface area contributed by atoms with Gasteiger partial charge in [0.1, 0.15) is 11.8 Å². The van der Waals surface area contributed by atoms with Crippen molar-refractivity contribution in [1.82, 2.24) is 10.2 Å². The Morgan fingerprint density at radius 3 is 2.61 bits per heavy atom. The van der Waals surface area contributed by atoms with Crippen LogP contribution in [-0.4, -0.2) is 31.2 Å². The molecule has 0 saturated carbocycles. The Labute approximate surface area is 133 Å². The van der Waals surface area contributed by atoms with Crippen LogP contribution in [0.3, 0.4) is 0 Å². The zero-order chi connectivity index (χ0) is 16.6. The maximum absolute atomic E-state index is 11.6. The van der Waals surface area contributed by atoms with Gasteiger partial charge in [0, 0.05) is 19.3 Å². The molecular formula is C15H12N4O3S. The lowest BCUT2D eigenvalue weighted by Crippen LogP contribution is -2.18. The van der Waals surface area contributed by atoms with Crippen LogP contribution in [0, 0.1) is 11.3 Å². The van der Waals surface area contributed by atoms with E-state index in [1.165, 1.54) is 12.3 Å². The topological polar surface area (TPSA) is 104 Å². The summed E-state index contributed by atoms with van der Waals surface area (Å²) in [5, 5.41) is 17.0. The number of fused-ring (bicyclic) bond motifs is 1. The molecule has 0 amide bonds. The second-order valence-corrected chi connectivity index (χ2v) is 7.31. The van der Waals surface area contributed by atoms with Gasteiger partial charge in [-0.15, -0.1) is 10.2 Å². The van der Waals surface area contributed by atoms with Gasteiger partial charge in [-0.1, -0.05) is 6.07 Å². The Balaban J connectivity index is 1.97. The lowest BCUT2D eigenvalue weighted by molar-refractivity contribution is 0.111. The summed E-state index contributed by atoms with van der Waals surface area (Å²) >= 11 is 0. The molecule has 7 nitrogen and oxygen atoms in total. The molecule has 0 radical (unpaired) electrons. The van der Waals surface area contributed by atoms with E-state index in [1.54, 1.807) is 18.2 Å². The first-order chi connectivity index (χ1) is 10.9. The number of carbonyl (C=O) groups excluding carboxylic acids is 1. The van der Waals surface area contributed by atoms with E-state index in [-0.39, 0.29) is 16.2 Å². The Morgan fingerprint density at radius 1 is 1.22 bits per heavy atom. The number of nitrogens with zero attached hydrogens (tertiary/aromatic N) is 4. The highest BCUT2D eigenvalue weighted by atomic mass is 32.2. The fraction of sp³-hybridized carbons (Fsp3) is 0.200. The Kier molecular flexibility index (Phi) is 3.58. The highest BCUT2D eigenvalue weighted by Gasteiger charge is 2.24. The van der Waals surface area contributed by atoms with Crippen LogP contribution >= 0.6 is 0 Å². The van der Waals surface area contributed by atoms with Crippen LogP contribution in [0.1, 0.15) is 27.2 Å². The van der Waals surface area contributed by atoms with Crippen LogP contribution in [0.4, 0.5) is 5.82 Å². The number of aldehydes is 1. The first kappa shape index (κ1) is 15.1. The van der Waals surface area contributed by atoms with E-state index in [9.17, 15) is 18.5 Å². The van der Waals surface area contributed by atoms with Crippen LogP contribution in [0.25, 0.3) is 0 Å². The van der Waals surface area contributed by atoms with E-state index in [0.29, 0.717) is 25.2 Å². The van der Waals surface area contributed by atoms with Crippen molar-refractivity contribution >= 4 is 21.9 Å². The summed E-state index contributed by atoms with van der Waals surface area (Å²) in [7, 11) is -3.27. The van der Waals surface area contributed by atoms with Gasteiger partial charge in [-0.25, -0.2) is 8.42 Å². The molecule has 0 bridgehead atoms. The molecule has 0 N–H and O–H groups in total. The monoisotopic (exact) mass is 328 g/mol. The number of sulfone groups is 1. The van der Waals surface area contributed by atoms with E-state index in [1.807, 2.05) is 11.0 Å². The molecule has 116 valence electrons. The highest BCUT2D eigenvalue weighted by molar-refractivity contribution is 7.90. The standard InChI is InChI=1S/C15H12N4O3S/c1-23(21,22)14-3-2-10-7-19(8-12(10)5-14)15-11(6-16)4-13(9-20)17-18-15/h2-5,9H,7-8H2,1H3. The zero-order valence-corrected chi connectivity index (χ0v) is 13.0. The minimum absolute atomic E-state index is 0.0985. The molecule has 1 aromatic carbocycles. The number of aromatic nitrogens is 2. The van der Waals surface area contributed by atoms with Gasteiger partial charge in [0.25, 0.3) is 0 Å². The molecule has 1 aliphatic rings. The molecule has 0 saturated heterocycles. The first-order valence-electron chi connectivity index (χ1n) is 6.72. The third kappa shape index (κ3) is 2.78. The molecule has 0 aliphatic carbocycles. The van der Waals surface area contributed by atoms with Gasteiger partial charge in [0.05, 0.1) is 10.5 Å². The molecule has 2 heterocycles. The number of hydrogen-bond acceptors (Lipinski definition) is 7. The average Bonchev–Trinajstić information content (AvgIpc) is 2.96. The normalized spacial score (nSPS) is 13.5. The maximum Gasteiger partial charge on any atom is 0.175 e. The van der Waals surface area contributed by atoms with E-state index < -0.39 is 9.84 Å². The largest absolute Gasteiger partial charge is 0.345 e. The average molecular weight is 328 g/mol.